The molecule has 120 valence electrons. The van der Waals surface area contributed by atoms with E-state index in [1.54, 1.807) is 0 Å². The summed E-state index contributed by atoms with van der Waals surface area (Å²) in [5, 5.41) is 3.72. The van der Waals surface area contributed by atoms with E-state index < -0.39 is 0 Å². The normalized spacial score (nSPS) is 28.9. The van der Waals surface area contributed by atoms with E-state index in [1.807, 2.05) is 18.2 Å². The number of nitrogens with one attached hydrogen (secondary N) is 1. The fraction of sp³-hybridized carbons (Fsp3) is 0.400. The van der Waals surface area contributed by atoms with Gasteiger partial charge in [-0.15, -0.1) is 0 Å². The van der Waals surface area contributed by atoms with E-state index >= 15 is 0 Å². The summed E-state index contributed by atoms with van der Waals surface area (Å²) >= 11 is 0. The Morgan fingerprint density at radius 3 is 2.39 bits per heavy atom. The highest BCUT2D eigenvalue weighted by Crippen LogP contribution is 2.42. The van der Waals surface area contributed by atoms with Crippen LogP contribution in [0.4, 0.5) is 0 Å². The zero-order valence-electron chi connectivity index (χ0n) is 13.3. The van der Waals surface area contributed by atoms with Crippen molar-refractivity contribution in [2.45, 2.75) is 49.9 Å². The molecule has 2 aromatic rings. The fourth-order valence-corrected chi connectivity index (χ4v) is 3.40. The number of nitrogens with two attached hydrogens (primary N) is 1. The molecule has 2 fully saturated rings. The summed E-state index contributed by atoms with van der Waals surface area (Å²) in [6.45, 7) is 0.621. The zero-order valence-corrected chi connectivity index (χ0v) is 13.3. The van der Waals surface area contributed by atoms with Crippen molar-refractivity contribution in [3.05, 3.63) is 65.7 Å². The van der Waals surface area contributed by atoms with Gasteiger partial charge in [-0.25, -0.2) is 0 Å². The van der Waals surface area contributed by atoms with Gasteiger partial charge in [0.2, 0.25) is 0 Å². The predicted molar refractivity (Wildman–Crippen MR) is 92.5 cm³/mol. The van der Waals surface area contributed by atoms with Gasteiger partial charge in [0.05, 0.1) is 0 Å². The maximum absolute atomic E-state index is 5.85. The topological polar surface area (TPSA) is 47.3 Å². The molecule has 0 spiro atoms. The first-order valence-corrected chi connectivity index (χ1v) is 8.56. The van der Waals surface area contributed by atoms with Crippen LogP contribution in [0.1, 0.15) is 36.3 Å². The van der Waals surface area contributed by atoms with Gasteiger partial charge in [0.15, 0.2) is 0 Å². The Balaban J connectivity index is 1.27. The number of rotatable bonds is 6. The molecule has 0 radical (unpaired) electrons. The minimum Gasteiger partial charge on any atom is -0.489 e. The van der Waals surface area contributed by atoms with Gasteiger partial charge in [0.25, 0.3) is 0 Å². The third-order valence-electron chi connectivity index (χ3n) is 4.97. The lowest BCUT2D eigenvalue weighted by molar-refractivity contribution is 0.289. The van der Waals surface area contributed by atoms with Gasteiger partial charge in [0.1, 0.15) is 12.4 Å². The molecule has 2 aliphatic carbocycles. The molecule has 3 heteroatoms. The third kappa shape index (κ3) is 3.57. The summed E-state index contributed by atoms with van der Waals surface area (Å²) in [4.78, 5) is 0. The van der Waals surface area contributed by atoms with Crippen LogP contribution in [-0.2, 0) is 6.61 Å². The van der Waals surface area contributed by atoms with Crippen LogP contribution in [0.15, 0.2) is 54.6 Å². The maximum atomic E-state index is 5.85. The van der Waals surface area contributed by atoms with Gasteiger partial charge in [-0.05, 0) is 42.5 Å². The Kier molecular flexibility index (Phi) is 4.06. The minimum absolute atomic E-state index is 0.422. The van der Waals surface area contributed by atoms with E-state index in [0.717, 1.165) is 18.6 Å². The van der Waals surface area contributed by atoms with Gasteiger partial charge < -0.3 is 15.8 Å². The molecule has 0 bridgehead atoms. The van der Waals surface area contributed by atoms with Crippen LogP contribution >= 0.6 is 0 Å². The van der Waals surface area contributed by atoms with Crippen LogP contribution in [-0.4, -0.2) is 18.1 Å². The molecule has 2 saturated carbocycles. The highest BCUT2D eigenvalue weighted by molar-refractivity contribution is 5.34. The smallest absolute Gasteiger partial charge is 0.119 e. The molecule has 2 aliphatic rings. The van der Waals surface area contributed by atoms with Crippen LogP contribution in [0, 0.1) is 0 Å². The Morgan fingerprint density at radius 2 is 1.70 bits per heavy atom. The Bertz CT molecular complexity index is 634. The van der Waals surface area contributed by atoms with Gasteiger partial charge in [0, 0.05) is 24.0 Å². The molecule has 0 amide bonds. The first-order chi connectivity index (χ1) is 11.3. The average Bonchev–Trinajstić information content (AvgIpc) is 3.32. The molecule has 2 atom stereocenters. The largest absolute Gasteiger partial charge is 0.489 e. The second kappa shape index (κ2) is 6.34. The van der Waals surface area contributed by atoms with Crippen LogP contribution in [0.5, 0.6) is 5.75 Å². The average molecular weight is 308 g/mol. The molecule has 3 N–H and O–H groups in total. The monoisotopic (exact) mass is 308 g/mol. The minimum atomic E-state index is 0.422. The SMILES string of the molecule is NC1CC(NC2CC2c2ccc(OCc3ccccc3)cc2)C1. The predicted octanol–water partition coefficient (Wildman–Crippen LogP) is 3.20. The first-order valence-electron chi connectivity index (χ1n) is 8.56. The Labute approximate surface area is 137 Å². The second-order valence-electron chi connectivity index (χ2n) is 6.89. The van der Waals surface area contributed by atoms with Crippen LogP contribution < -0.4 is 15.8 Å². The van der Waals surface area contributed by atoms with Crippen molar-refractivity contribution in [1.82, 2.24) is 5.32 Å². The molecule has 0 aromatic heterocycles. The molecule has 23 heavy (non-hydrogen) atoms. The number of hydrogen-bond donors (Lipinski definition) is 2. The molecule has 3 nitrogen and oxygen atoms in total. The van der Waals surface area contributed by atoms with Gasteiger partial charge in [-0.1, -0.05) is 42.5 Å². The molecular formula is C20H24N2O. The second-order valence-corrected chi connectivity index (χ2v) is 6.89. The number of ether oxygens (including phenoxy) is 1. The summed E-state index contributed by atoms with van der Waals surface area (Å²) < 4.78 is 5.85. The van der Waals surface area contributed by atoms with Crippen molar-refractivity contribution in [2.75, 3.05) is 0 Å². The van der Waals surface area contributed by atoms with E-state index in [4.69, 9.17) is 10.5 Å². The van der Waals surface area contributed by atoms with Gasteiger partial charge in [-0.3, -0.25) is 0 Å². The van der Waals surface area contributed by atoms with E-state index in [1.165, 1.54) is 17.5 Å². The van der Waals surface area contributed by atoms with Crippen molar-refractivity contribution in [3.8, 4) is 5.75 Å². The zero-order chi connectivity index (χ0) is 15.6. The quantitative estimate of drug-likeness (QED) is 0.861. The van der Waals surface area contributed by atoms with E-state index in [0.29, 0.717) is 30.7 Å². The molecule has 4 rings (SSSR count). The van der Waals surface area contributed by atoms with Crippen molar-refractivity contribution < 1.29 is 4.74 Å². The van der Waals surface area contributed by atoms with Crippen molar-refractivity contribution in [3.63, 3.8) is 0 Å². The number of benzene rings is 2. The summed E-state index contributed by atoms with van der Waals surface area (Å²) in [7, 11) is 0. The highest BCUT2D eigenvalue weighted by atomic mass is 16.5. The highest BCUT2D eigenvalue weighted by Gasteiger charge is 2.41. The molecule has 2 aromatic carbocycles. The summed E-state index contributed by atoms with van der Waals surface area (Å²) in [5.41, 5.74) is 8.46. The lowest BCUT2D eigenvalue weighted by Gasteiger charge is -2.33. The Hall–Kier alpha value is -1.84. The van der Waals surface area contributed by atoms with Crippen LogP contribution in [0.3, 0.4) is 0 Å². The molecule has 0 saturated heterocycles. The summed E-state index contributed by atoms with van der Waals surface area (Å²) in [6, 6.07) is 20.6. The molecule has 0 aliphatic heterocycles. The summed E-state index contributed by atoms with van der Waals surface area (Å²) in [5.74, 6) is 1.60. The van der Waals surface area contributed by atoms with E-state index in [2.05, 4.69) is 41.7 Å². The third-order valence-corrected chi connectivity index (χ3v) is 4.97. The van der Waals surface area contributed by atoms with Crippen LogP contribution in [0.2, 0.25) is 0 Å². The van der Waals surface area contributed by atoms with Gasteiger partial charge >= 0.3 is 0 Å². The van der Waals surface area contributed by atoms with Crippen molar-refractivity contribution >= 4 is 0 Å². The van der Waals surface area contributed by atoms with E-state index in [9.17, 15) is 0 Å². The Morgan fingerprint density at radius 1 is 0.957 bits per heavy atom. The fourth-order valence-electron chi connectivity index (χ4n) is 3.40. The first kappa shape index (κ1) is 14.7. The maximum Gasteiger partial charge on any atom is 0.119 e. The van der Waals surface area contributed by atoms with Gasteiger partial charge in [-0.2, -0.15) is 0 Å². The van der Waals surface area contributed by atoms with E-state index in [-0.39, 0.29) is 0 Å². The molecule has 0 heterocycles. The molecular weight excluding hydrogens is 284 g/mol. The summed E-state index contributed by atoms with van der Waals surface area (Å²) in [6.07, 6.45) is 3.51. The van der Waals surface area contributed by atoms with Crippen LogP contribution in [0.25, 0.3) is 0 Å². The lowest BCUT2D eigenvalue weighted by atomic mass is 9.87. The standard InChI is InChI=1S/C20H24N2O/c21-16-10-17(11-16)22-20-12-19(20)15-6-8-18(9-7-15)23-13-14-4-2-1-3-5-14/h1-9,16-17,19-20,22H,10-13,21H2. The lowest BCUT2D eigenvalue weighted by Crippen LogP contribution is -2.49. The molecule has 2 unspecified atom stereocenters. The number of hydrogen-bond acceptors (Lipinski definition) is 3. The van der Waals surface area contributed by atoms with Crippen molar-refractivity contribution in [1.29, 1.82) is 0 Å². The van der Waals surface area contributed by atoms with Crippen molar-refractivity contribution in [2.24, 2.45) is 5.73 Å².